The van der Waals surface area contributed by atoms with Crippen LogP contribution in [0.3, 0.4) is 0 Å². The fourth-order valence-electron chi connectivity index (χ4n) is 3.28. The molecule has 0 N–H and O–H groups in total. The van der Waals surface area contributed by atoms with Crippen LogP contribution in [0.2, 0.25) is 5.02 Å². The Bertz CT molecular complexity index is 1340. The Balaban J connectivity index is 1.92. The molecule has 0 unspecified atom stereocenters. The van der Waals surface area contributed by atoms with Gasteiger partial charge in [-0.2, -0.15) is 0 Å². The quantitative estimate of drug-likeness (QED) is 0.351. The summed E-state index contributed by atoms with van der Waals surface area (Å²) in [6.45, 7) is 1.54. The average Bonchev–Trinajstić information content (AvgIpc) is 2.79. The normalized spacial score (nSPS) is 11.5. The number of rotatable bonds is 5. The Hall–Kier alpha value is -3.57. The third-order valence-electron chi connectivity index (χ3n) is 4.90. The zero-order chi connectivity index (χ0) is 22.0. The molecular formula is C25H20ClNO4. The summed E-state index contributed by atoms with van der Waals surface area (Å²) in [4.78, 5) is 16.3. The van der Waals surface area contributed by atoms with E-state index in [2.05, 4.69) is 0 Å². The molecule has 1 heterocycles. The summed E-state index contributed by atoms with van der Waals surface area (Å²) in [7, 11) is 3.18. The average molecular weight is 434 g/mol. The smallest absolute Gasteiger partial charge is 0.161 e. The van der Waals surface area contributed by atoms with Crippen molar-refractivity contribution in [2.75, 3.05) is 14.2 Å². The van der Waals surface area contributed by atoms with Crippen molar-refractivity contribution in [2.24, 2.45) is 4.99 Å². The lowest BCUT2D eigenvalue weighted by Gasteiger charge is -2.10. The highest BCUT2D eigenvalue weighted by molar-refractivity contribution is 6.31. The summed E-state index contributed by atoms with van der Waals surface area (Å²) < 4.78 is 16.9. The molecule has 4 aromatic rings. The van der Waals surface area contributed by atoms with Crippen molar-refractivity contribution >= 4 is 34.0 Å². The number of ketones is 1. The molecule has 0 aliphatic rings. The molecule has 0 aliphatic heterocycles. The van der Waals surface area contributed by atoms with Crippen molar-refractivity contribution in [2.45, 2.75) is 6.92 Å². The SMILES string of the molecule is COc1ccc(-c2cc(=Nc3ccc(C(C)=O)cc3)c3cc(Cl)ccc3o2)cc1OC. The Morgan fingerprint density at radius 2 is 1.65 bits per heavy atom. The van der Waals surface area contributed by atoms with Crippen molar-refractivity contribution in [1.82, 2.24) is 0 Å². The number of hydrogen-bond acceptors (Lipinski definition) is 5. The van der Waals surface area contributed by atoms with Gasteiger partial charge in [0.25, 0.3) is 0 Å². The van der Waals surface area contributed by atoms with Gasteiger partial charge in [-0.25, -0.2) is 4.99 Å². The van der Waals surface area contributed by atoms with Gasteiger partial charge in [0.15, 0.2) is 17.3 Å². The first-order valence-corrected chi connectivity index (χ1v) is 9.98. The minimum atomic E-state index is 0.0121. The molecule has 1 aromatic heterocycles. The largest absolute Gasteiger partial charge is 0.493 e. The Morgan fingerprint density at radius 3 is 2.32 bits per heavy atom. The van der Waals surface area contributed by atoms with Gasteiger partial charge in [0.2, 0.25) is 0 Å². The number of carbonyl (C=O) groups excluding carboxylic acids is 1. The lowest BCUT2D eigenvalue weighted by molar-refractivity contribution is 0.101. The fourth-order valence-corrected chi connectivity index (χ4v) is 3.45. The minimum Gasteiger partial charge on any atom is -0.493 e. The topological polar surface area (TPSA) is 61.0 Å². The lowest BCUT2D eigenvalue weighted by Crippen LogP contribution is -2.03. The van der Waals surface area contributed by atoms with Crippen LogP contribution in [0.4, 0.5) is 5.69 Å². The third-order valence-corrected chi connectivity index (χ3v) is 5.13. The molecule has 5 nitrogen and oxygen atoms in total. The molecule has 0 atom stereocenters. The maximum atomic E-state index is 11.5. The number of carbonyl (C=O) groups is 1. The van der Waals surface area contributed by atoms with E-state index in [1.54, 1.807) is 32.4 Å². The van der Waals surface area contributed by atoms with Crippen molar-refractivity contribution in [1.29, 1.82) is 0 Å². The number of Topliss-reactive ketones (excluding diaryl/α,β-unsaturated/α-hetero) is 1. The van der Waals surface area contributed by atoms with Gasteiger partial charge >= 0.3 is 0 Å². The van der Waals surface area contributed by atoms with Gasteiger partial charge in [-0.3, -0.25) is 4.79 Å². The molecule has 0 aliphatic carbocycles. The van der Waals surface area contributed by atoms with Crippen molar-refractivity contribution in [3.63, 3.8) is 0 Å². The van der Waals surface area contributed by atoms with E-state index < -0.39 is 0 Å². The summed E-state index contributed by atoms with van der Waals surface area (Å²) in [5.41, 5.74) is 2.82. The molecule has 3 aromatic carbocycles. The predicted octanol–water partition coefficient (Wildman–Crippen LogP) is 6.21. The maximum absolute atomic E-state index is 11.5. The molecule has 0 bridgehead atoms. The highest BCUT2D eigenvalue weighted by Gasteiger charge is 2.11. The molecule has 0 spiro atoms. The first-order chi connectivity index (χ1) is 15.0. The summed E-state index contributed by atoms with van der Waals surface area (Å²) in [6.07, 6.45) is 0. The van der Waals surface area contributed by atoms with Crippen molar-refractivity contribution in [3.8, 4) is 22.8 Å². The van der Waals surface area contributed by atoms with Crippen molar-refractivity contribution < 1.29 is 18.7 Å². The van der Waals surface area contributed by atoms with Gasteiger partial charge in [-0.15, -0.1) is 0 Å². The van der Waals surface area contributed by atoms with E-state index in [1.165, 1.54) is 6.92 Å². The minimum absolute atomic E-state index is 0.0121. The maximum Gasteiger partial charge on any atom is 0.161 e. The van der Waals surface area contributed by atoms with Crippen LogP contribution in [-0.2, 0) is 0 Å². The standard InChI is InChI=1S/C25H20ClNO4/c1-15(28)16-4-8-19(9-5-16)27-21-14-24(31-22-11-7-18(26)13-20(21)22)17-6-10-23(29-2)25(12-17)30-3/h4-14H,1-3H3. The highest BCUT2D eigenvalue weighted by Crippen LogP contribution is 2.33. The highest BCUT2D eigenvalue weighted by atomic mass is 35.5. The van der Waals surface area contributed by atoms with Gasteiger partial charge in [0.05, 0.1) is 25.3 Å². The van der Waals surface area contributed by atoms with Crippen LogP contribution < -0.4 is 14.8 Å². The van der Waals surface area contributed by atoms with E-state index in [4.69, 9.17) is 30.5 Å². The number of nitrogens with zero attached hydrogens (tertiary/aromatic N) is 1. The van der Waals surface area contributed by atoms with Crippen LogP contribution in [0, 0.1) is 0 Å². The van der Waals surface area contributed by atoms with Crippen molar-refractivity contribution in [3.05, 3.63) is 82.7 Å². The molecule has 4 rings (SSSR count). The number of ether oxygens (including phenoxy) is 2. The van der Waals surface area contributed by atoms with Crippen LogP contribution in [-0.4, -0.2) is 20.0 Å². The van der Waals surface area contributed by atoms with Crippen LogP contribution >= 0.6 is 11.6 Å². The summed E-state index contributed by atoms with van der Waals surface area (Å²) in [5.74, 6) is 1.87. The third kappa shape index (κ3) is 4.32. The van der Waals surface area contributed by atoms with Gasteiger partial charge < -0.3 is 13.9 Å². The molecule has 6 heteroatoms. The molecule has 0 radical (unpaired) electrons. The molecule has 156 valence electrons. The predicted molar refractivity (Wildman–Crippen MR) is 121 cm³/mol. The van der Waals surface area contributed by atoms with Gasteiger partial charge in [0.1, 0.15) is 11.3 Å². The zero-order valence-electron chi connectivity index (χ0n) is 17.3. The number of fused-ring (bicyclic) bond motifs is 1. The fraction of sp³-hybridized carbons (Fsp3) is 0.120. The first-order valence-electron chi connectivity index (χ1n) is 9.60. The number of methoxy groups -OCH3 is 2. The lowest BCUT2D eigenvalue weighted by atomic mass is 10.1. The monoisotopic (exact) mass is 433 g/mol. The Morgan fingerprint density at radius 1 is 0.903 bits per heavy atom. The van der Waals surface area contributed by atoms with Crippen LogP contribution in [0.1, 0.15) is 17.3 Å². The first kappa shape index (κ1) is 20.7. The van der Waals surface area contributed by atoms with Crippen LogP contribution in [0.15, 0.2) is 76.1 Å². The Labute approximate surface area is 184 Å². The molecule has 0 saturated carbocycles. The molecule has 0 fully saturated rings. The summed E-state index contributed by atoms with van der Waals surface area (Å²) >= 11 is 6.23. The number of benzene rings is 3. The van der Waals surface area contributed by atoms with Crippen LogP contribution in [0.5, 0.6) is 11.5 Å². The van der Waals surface area contributed by atoms with E-state index >= 15 is 0 Å². The Kier molecular flexibility index (Phi) is 5.78. The second-order valence-electron chi connectivity index (χ2n) is 6.92. The van der Waals surface area contributed by atoms with E-state index in [0.29, 0.717) is 38.8 Å². The van der Waals surface area contributed by atoms with E-state index in [-0.39, 0.29) is 5.78 Å². The van der Waals surface area contributed by atoms with Gasteiger partial charge in [0, 0.05) is 27.6 Å². The van der Waals surface area contributed by atoms with E-state index in [1.807, 2.05) is 48.5 Å². The summed E-state index contributed by atoms with van der Waals surface area (Å²) in [5, 5.41) is 2.07. The number of halogens is 1. The van der Waals surface area contributed by atoms with E-state index in [9.17, 15) is 4.79 Å². The van der Waals surface area contributed by atoms with Gasteiger partial charge in [-0.1, -0.05) is 11.6 Å². The van der Waals surface area contributed by atoms with E-state index in [0.717, 1.165) is 16.6 Å². The second-order valence-corrected chi connectivity index (χ2v) is 7.36. The molecule has 31 heavy (non-hydrogen) atoms. The van der Waals surface area contributed by atoms with Crippen LogP contribution in [0.25, 0.3) is 22.3 Å². The zero-order valence-corrected chi connectivity index (χ0v) is 18.1. The second kappa shape index (κ2) is 8.66. The molecule has 0 amide bonds. The molecule has 0 saturated heterocycles. The molecular weight excluding hydrogens is 414 g/mol. The van der Waals surface area contributed by atoms with Gasteiger partial charge in [-0.05, 0) is 67.6 Å². The number of hydrogen-bond donors (Lipinski definition) is 0. The summed E-state index contributed by atoms with van der Waals surface area (Å²) in [6, 6.07) is 20.0.